The maximum atomic E-state index is 6.41. The van der Waals surface area contributed by atoms with Crippen molar-refractivity contribution in [1.82, 2.24) is 4.90 Å². The first kappa shape index (κ1) is 22.5. The molecule has 1 unspecified atom stereocenters. The van der Waals surface area contributed by atoms with Crippen LogP contribution in [0.3, 0.4) is 0 Å². The van der Waals surface area contributed by atoms with E-state index in [4.69, 9.17) is 9.47 Å². The number of benzene rings is 4. The fourth-order valence-electron chi connectivity index (χ4n) is 4.93. The van der Waals surface area contributed by atoms with Crippen molar-refractivity contribution in [3.05, 3.63) is 109 Å². The number of hydrogen-bond donors (Lipinski definition) is 0. The van der Waals surface area contributed by atoms with Crippen LogP contribution in [0, 0.1) is 5.92 Å². The van der Waals surface area contributed by atoms with Gasteiger partial charge in [0.2, 0.25) is 0 Å². The highest BCUT2D eigenvalue weighted by molar-refractivity contribution is 5.88. The molecule has 0 aliphatic carbocycles. The molecule has 1 heterocycles. The molecular formula is C31H33NO2. The number of ether oxygens (including phenoxy) is 2. The largest absolute Gasteiger partial charge is 0.489 e. The predicted octanol–water partition coefficient (Wildman–Crippen LogP) is 6.62. The van der Waals surface area contributed by atoms with Crippen molar-refractivity contribution in [2.24, 2.45) is 5.92 Å². The third-order valence-corrected chi connectivity index (χ3v) is 6.76. The van der Waals surface area contributed by atoms with Crippen LogP contribution < -0.4 is 9.47 Å². The Kier molecular flexibility index (Phi) is 7.42. The van der Waals surface area contributed by atoms with Gasteiger partial charge in [0.1, 0.15) is 24.2 Å². The van der Waals surface area contributed by atoms with Crippen LogP contribution in [-0.4, -0.2) is 37.2 Å². The standard InChI is InChI=1S/C31H33NO2/c1-3-10-25(11-4-1)22-26-18-20-32(21-19-26)23-29(34-28-14-5-2-6-15-28)24-33-31-17-9-13-27-12-7-8-16-30(27)31/h1-17,26,29H,18-24H2. The van der Waals surface area contributed by atoms with E-state index in [-0.39, 0.29) is 6.10 Å². The number of para-hydroxylation sites is 1. The molecule has 0 saturated carbocycles. The van der Waals surface area contributed by atoms with E-state index in [9.17, 15) is 0 Å². The Morgan fingerprint density at radius 1 is 0.735 bits per heavy atom. The van der Waals surface area contributed by atoms with E-state index in [0.717, 1.165) is 42.4 Å². The fourth-order valence-corrected chi connectivity index (χ4v) is 4.93. The molecule has 1 aliphatic rings. The first-order chi connectivity index (χ1) is 16.8. The minimum absolute atomic E-state index is 0.0351. The highest BCUT2D eigenvalue weighted by atomic mass is 16.5. The van der Waals surface area contributed by atoms with E-state index >= 15 is 0 Å². The van der Waals surface area contributed by atoms with Crippen molar-refractivity contribution >= 4 is 10.8 Å². The molecule has 3 heteroatoms. The van der Waals surface area contributed by atoms with Gasteiger partial charge in [-0.3, -0.25) is 4.90 Å². The van der Waals surface area contributed by atoms with Gasteiger partial charge in [0.25, 0.3) is 0 Å². The summed E-state index contributed by atoms with van der Waals surface area (Å²) in [7, 11) is 0. The van der Waals surface area contributed by atoms with Crippen molar-refractivity contribution in [3.63, 3.8) is 0 Å². The van der Waals surface area contributed by atoms with Gasteiger partial charge in [0.15, 0.2) is 0 Å². The summed E-state index contributed by atoms with van der Waals surface area (Å²) in [6, 6.07) is 35.6. The number of hydrogen-bond acceptors (Lipinski definition) is 3. The Hall–Kier alpha value is -3.30. The number of fused-ring (bicyclic) bond motifs is 1. The van der Waals surface area contributed by atoms with Gasteiger partial charge < -0.3 is 9.47 Å². The molecule has 4 aromatic rings. The van der Waals surface area contributed by atoms with E-state index in [1.807, 2.05) is 30.3 Å². The van der Waals surface area contributed by atoms with Gasteiger partial charge >= 0.3 is 0 Å². The van der Waals surface area contributed by atoms with Crippen LogP contribution in [0.5, 0.6) is 11.5 Å². The van der Waals surface area contributed by atoms with E-state index in [0.29, 0.717) is 6.61 Å². The zero-order valence-electron chi connectivity index (χ0n) is 19.7. The monoisotopic (exact) mass is 451 g/mol. The lowest BCUT2D eigenvalue weighted by Gasteiger charge is -2.34. The van der Waals surface area contributed by atoms with Gasteiger partial charge in [-0.1, -0.05) is 84.9 Å². The molecule has 0 spiro atoms. The summed E-state index contributed by atoms with van der Waals surface area (Å²) in [6.07, 6.45) is 3.61. The first-order valence-corrected chi connectivity index (χ1v) is 12.4. The minimum Gasteiger partial charge on any atom is -0.489 e. The summed E-state index contributed by atoms with van der Waals surface area (Å²) >= 11 is 0. The van der Waals surface area contributed by atoms with Crippen LogP contribution in [0.2, 0.25) is 0 Å². The van der Waals surface area contributed by atoms with Crippen molar-refractivity contribution in [1.29, 1.82) is 0 Å². The maximum absolute atomic E-state index is 6.41. The highest BCUT2D eigenvalue weighted by Gasteiger charge is 2.23. The Bertz CT molecular complexity index is 1150. The summed E-state index contributed by atoms with van der Waals surface area (Å²) in [6.45, 7) is 3.62. The Balaban J connectivity index is 1.21. The van der Waals surface area contributed by atoms with E-state index in [1.54, 1.807) is 0 Å². The summed E-state index contributed by atoms with van der Waals surface area (Å²) in [5.74, 6) is 2.58. The zero-order valence-corrected chi connectivity index (χ0v) is 19.7. The molecule has 1 atom stereocenters. The second kappa shape index (κ2) is 11.2. The second-order valence-electron chi connectivity index (χ2n) is 9.27. The van der Waals surface area contributed by atoms with E-state index < -0.39 is 0 Å². The summed E-state index contributed by atoms with van der Waals surface area (Å²) in [4.78, 5) is 2.54. The predicted molar refractivity (Wildman–Crippen MR) is 140 cm³/mol. The average Bonchev–Trinajstić information content (AvgIpc) is 2.89. The Labute approximate surface area is 202 Å². The molecular weight excluding hydrogens is 418 g/mol. The van der Waals surface area contributed by atoms with Crippen molar-refractivity contribution in [2.45, 2.75) is 25.4 Å². The molecule has 0 N–H and O–H groups in total. The van der Waals surface area contributed by atoms with Crippen molar-refractivity contribution in [3.8, 4) is 11.5 Å². The van der Waals surface area contributed by atoms with E-state index in [2.05, 4.69) is 77.7 Å². The smallest absolute Gasteiger partial charge is 0.145 e. The lowest BCUT2D eigenvalue weighted by atomic mass is 9.90. The first-order valence-electron chi connectivity index (χ1n) is 12.4. The van der Waals surface area contributed by atoms with Crippen LogP contribution >= 0.6 is 0 Å². The number of nitrogens with zero attached hydrogens (tertiary/aromatic N) is 1. The lowest BCUT2D eigenvalue weighted by molar-refractivity contribution is 0.0711. The number of likely N-dealkylation sites (tertiary alicyclic amines) is 1. The lowest BCUT2D eigenvalue weighted by Crippen LogP contribution is -2.43. The molecule has 0 radical (unpaired) electrons. The van der Waals surface area contributed by atoms with Crippen LogP contribution in [0.4, 0.5) is 0 Å². The van der Waals surface area contributed by atoms with Crippen molar-refractivity contribution < 1.29 is 9.47 Å². The second-order valence-corrected chi connectivity index (χ2v) is 9.27. The SMILES string of the molecule is c1ccc(CC2CCN(CC(COc3cccc4ccccc34)Oc3ccccc3)CC2)cc1. The van der Waals surface area contributed by atoms with E-state index in [1.165, 1.54) is 30.2 Å². The third-order valence-electron chi connectivity index (χ3n) is 6.76. The summed E-state index contributed by atoms with van der Waals surface area (Å²) in [5, 5.41) is 2.34. The molecule has 34 heavy (non-hydrogen) atoms. The highest BCUT2D eigenvalue weighted by Crippen LogP contribution is 2.26. The molecule has 3 nitrogen and oxygen atoms in total. The molecule has 1 saturated heterocycles. The molecule has 0 aromatic heterocycles. The minimum atomic E-state index is -0.0351. The third kappa shape index (κ3) is 5.98. The average molecular weight is 452 g/mol. The summed E-state index contributed by atoms with van der Waals surface area (Å²) < 4.78 is 12.8. The Morgan fingerprint density at radius 3 is 2.21 bits per heavy atom. The van der Waals surface area contributed by atoms with Gasteiger partial charge in [0.05, 0.1) is 0 Å². The molecule has 0 bridgehead atoms. The van der Waals surface area contributed by atoms with Crippen LogP contribution in [-0.2, 0) is 6.42 Å². The molecule has 1 fully saturated rings. The van der Waals surface area contributed by atoms with Crippen LogP contribution in [0.25, 0.3) is 10.8 Å². The van der Waals surface area contributed by atoms with Crippen LogP contribution in [0.15, 0.2) is 103 Å². The normalized spacial score (nSPS) is 15.8. The van der Waals surface area contributed by atoms with Gasteiger partial charge in [-0.2, -0.15) is 0 Å². The molecule has 1 aliphatic heterocycles. The Morgan fingerprint density at radius 2 is 1.41 bits per heavy atom. The molecule has 174 valence electrons. The quantitative estimate of drug-likeness (QED) is 0.285. The fraction of sp³-hybridized carbons (Fsp3) is 0.290. The topological polar surface area (TPSA) is 21.7 Å². The van der Waals surface area contributed by atoms with Gasteiger partial charge in [-0.25, -0.2) is 0 Å². The van der Waals surface area contributed by atoms with Crippen molar-refractivity contribution in [2.75, 3.05) is 26.2 Å². The number of rotatable bonds is 9. The molecule has 4 aromatic carbocycles. The number of piperidine rings is 1. The molecule has 5 rings (SSSR count). The summed E-state index contributed by atoms with van der Waals surface area (Å²) in [5.41, 5.74) is 1.45. The van der Waals surface area contributed by atoms with Crippen LogP contribution in [0.1, 0.15) is 18.4 Å². The zero-order chi connectivity index (χ0) is 23.0. The van der Waals surface area contributed by atoms with Gasteiger partial charge in [0, 0.05) is 11.9 Å². The van der Waals surface area contributed by atoms with Gasteiger partial charge in [-0.05, 0) is 67.4 Å². The maximum Gasteiger partial charge on any atom is 0.145 e. The molecule has 0 amide bonds. The van der Waals surface area contributed by atoms with Gasteiger partial charge in [-0.15, -0.1) is 0 Å².